The lowest BCUT2D eigenvalue weighted by molar-refractivity contribution is -0.384. The summed E-state index contributed by atoms with van der Waals surface area (Å²) in [6.45, 7) is 2.35. The monoisotopic (exact) mass is 269 g/mol. The van der Waals surface area contributed by atoms with Gasteiger partial charge < -0.3 is 20.5 Å². The van der Waals surface area contributed by atoms with Crippen molar-refractivity contribution in [2.45, 2.75) is 19.4 Å². The van der Waals surface area contributed by atoms with E-state index in [1.165, 1.54) is 20.3 Å². The highest BCUT2D eigenvalue weighted by molar-refractivity contribution is 5.68. The number of hydrogen-bond acceptors (Lipinski definition) is 6. The summed E-state index contributed by atoms with van der Waals surface area (Å²) in [7, 11) is 2.91. The normalized spacial score (nSPS) is 11.8. The van der Waals surface area contributed by atoms with Gasteiger partial charge in [-0.25, -0.2) is 0 Å². The number of methoxy groups -OCH3 is 2. The van der Waals surface area contributed by atoms with Crippen LogP contribution in [0.5, 0.6) is 11.5 Å². The van der Waals surface area contributed by atoms with E-state index < -0.39 is 4.92 Å². The van der Waals surface area contributed by atoms with Gasteiger partial charge in [0.05, 0.1) is 25.2 Å². The summed E-state index contributed by atoms with van der Waals surface area (Å²) in [5.74, 6) is 0.753. The Hall–Kier alpha value is -2.02. The van der Waals surface area contributed by atoms with Crippen LogP contribution in [-0.4, -0.2) is 31.7 Å². The molecule has 0 aliphatic heterocycles. The predicted molar refractivity (Wildman–Crippen MR) is 73.0 cm³/mol. The maximum atomic E-state index is 11.1. The van der Waals surface area contributed by atoms with Gasteiger partial charge in [0.2, 0.25) is 0 Å². The number of ether oxygens (including phenoxy) is 2. The Morgan fingerprint density at radius 3 is 2.37 bits per heavy atom. The zero-order valence-electron chi connectivity index (χ0n) is 11.3. The topological polar surface area (TPSA) is 99.7 Å². The standard InChI is InChI=1S/C12H19N3O4/c1-4-8(7-13)14-9-5-11(18-2)12(19-3)6-10(9)15(16)17/h5-6,8,14H,4,7,13H2,1-3H3. The van der Waals surface area contributed by atoms with E-state index >= 15 is 0 Å². The molecule has 1 unspecified atom stereocenters. The van der Waals surface area contributed by atoms with Crippen molar-refractivity contribution in [1.29, 1.82) is 0 Å². The van der Waals surface area contributed by atoms with Crippen LogP contribution in [0, 0.1) is 10.1 Å². The van der Waals surface area contributed by atoms with Gasteiger partial charge in [-0.1, -0.05) is 6.92 Å². The fourth-order valence-electron chi connectivity index (χ4n) is 1.68. The molecule has 1 rings (SSSR count). The van der Waals surface area contributed by atoms with Crippen molar-refractivity contribution in [3.05, 3.63) is 22.2 Å². The van der Waals surface area contributed by atoms with Gasteiger partial charge in [-0.2, -0.15) is 0 Å². The van der Waals surface area contributed by atoms with Crippen molar-refractivity contribution in [3.63, 3.8) is 0 Å². The molecule has 0 spiro atoms. The molecule has 0 amide bonds. The van der Waals surface area contributed by atoms with Crippen molar-refractivity contribution >= 4 is 11.4 Å². The van der Waals surface area contributed by atoms with E-state index in [1.54, 1.807) is 6.07 Å². The van der Waals surface area contributed by atoms with Gasteiger partial charge >= 0.3 is 0 Å². The number of nitrogens with two attached hydrogens (primary N) is 1. The van der Waals surface area contributed by atoms with Crippen molar-refractivity contribution < 1.29 is 14.4 Å². The first-order valence-electron chi connectivity index (χ1n) is 5.94. The molecular weight excluding hydrogens is 250 g/mol. The second kappa shape index (κ2) is 6.79. The number of nitrogens with one attached hydrogen (secondary N) is 1. The molecule has 0 aliphatic carbocycles. The second-order valence-corrected chi connectivity index (χ2v) is 3.97. The van der Waals surface area contributed by atoms with E-state index in [4.69, 9.17) is 15.2 Å². The van der Waals surface area contributed by atoms with Crippen LogP contribution in [-0.2, 0) is 0 Å². The second-order valence-electron chi connectivity index (χ2n) is 3.97. The molecule has 0 fully saturated rings. The van der Waals surface area contributed by atoms with E-state index in [1.807, 2.05) is 6.92 Å². The Labute approximate surface area is 111 Å². The zero-order valence-corrected chi connectivity index (χ0v) is 11.3. The van der Waals surface area contributed by atoms with Crippen LogP contribution in [0.25, 0.3) is 0 Å². The highest BCUT2D eigenvalue weighted by Gasteiger charge is 2.20. The molecule has 7 nitrogen and oxygen atoms in total. The third-order valence-electron chi connectivity index (χ3n) is 2.84. The van der Waals surface area contributed by atoms with Gasteiger partial charge in [0.25, 0.3) is 5.69 Å². The number of nitro groups is 1. The molecule has 0 aliphatic rings. The fraction of sp³-hybridized carbons (Fsp3) is 0.500. The van der Waals surface area contributed by atoms with Crippen molar-refractivity contribution in [3.8, 4) is 11.5 Å². The lowest BCUT2D eigenvalue weighted by atomic mass is 10.2. The first-order chi connectivity index (χ1) is 9.07. The molecule has 0 radical (unpaired) electrons. The van der Waals surface area contributed by atoms with Crippen molar-refractivity contribution in [1.82, 2.24) is 0 Å². The summed E-state index contributed by atoms with van der Waals surface area (Å²) in [6.07, 6.45) is 0.766. The molecule has 0 saturated carbocycles. The highest BCUT2D eigenvalue weighted by atomic mass is 16.6. The highest BCUT2D eigenvalue weighted by Crippen LogP contribution is 2.37. The molecule has 0 saturated heterocycles. The Balaban J connectivity index is 3.23. The van der Waals surface area contributed by atoms with E-state index in [-0.39, 0.29) is 11.7 Å². The van der Waals surface area contributed by atoms with Gasteiger partial charge in [0.15, 0.2) is 11.5 Å². The summed E-state index contributed by atoms with van der Waals surface area (Å²) < 4.78 is 10.2. The Kier molecular flexibility index (Phi) is 5.37. The van der Waals surface area contributed by atoms with Crippen LogP contribution in [0.3, 0.4) is 0 Å². The van der Waals surface area contributed by atoms with E-state index in [0.717, 1.165) is 6.42 Å². The summed E-state index contributed by atoms with van der Waals surface area (Å²) in [5, 5.41) is 14.1. The lowest BCUT2D eigenvalue weighted by Gasteiger charge is -2.17. The largest absolute Gasteiger partial charge is 0.493 e. The molecule has 106 valence electrons. The third kappa shape index (κ3) is 3.47. The van der Waals surface area contributed by atoms with Gasteiger partial charge in [0, 0.05) is 18.7 Å². The average Bonchev–Trinajstić information content (AvgIpc) is 2.43. The van der Waals surface area contributed by atoms with Crippen molar-refractivity contribution in [2.24, 2.45) is 5.73 Å². The lowest BCUT2D eigenvalue weighted by Crippen LogP contribution is -2.28. The zero-order chi connectivity index (χ0) is 14.4. The molecule has 1 aromatic rings. The number of benzene rings is 1. The fourth-order valence-corrected chi connectivity index (χ4v) is 1.68. The molecule has 1 aromatic carbocycles. The molecule has 1 atom stereocenters. The smallest absolute Gasteiger partial charge is 0.296 e. The van der Waals surface area contributed by atoms with Gasteiger partial charge in [-0.3, -0.25) is 10.1 Å². The third-order valence-corrected chi connectivity index (χ3v) is 2.84. The number of nitro benzene ring substituents is 1. The predicted octanol–water partition coefficient (Wildman–Crippen LogP) is 1.76. The molecule has 19 heavy (non-hydrogen) atoms. The number of anilines is 1. The first kappa shape index (κ1) is 15.0. The first-order valence-corrected chi connectivity index (χ1v) is 5.94. The summed E-state index contributed by atoms with van der Waals surface area (Å²) in [4.78, 5) is 10.6. The molecular formula is C12H19N3O4. The van der Waals surface area contributed by atoms with Crippen LogP contribution in [0.2, 0.25) is 0 Å². The van der Waals surface area contributed by atoms with E-state index in [0.29, 0.717) is 23.7 Å². The summed E-state index contributed by atoms with van der Waals surface area (Å²) in [6, 6.07) is 2.86. The minimum Gasteiger partial charge on any atom is -0.493 e. The minimum atomic E-state index is -0.465. The van der Waals surface area contributed by atoms with Crippen LogP contribution in [0.15, 0.2) is 12.1 Å². The summed E-state index contributed by atoms with van der Waals surface area (Å²) in [5.41, 5.74) is 5.91. The quantitative estimate of drug-likeness (QED) is 0.578. The minimum absolute atomic E-state index is 0.0307. The Bertz CT molecular complexity index is 447. The molecule has 3 N–H and O–H groups in total. The van der Waals surface area contributed by atoms with Crippen LogP contribution < -0.4 is 20.5 Å². The van der Waals surface area contributed by atoms with Gasteiger partial charge in [-0.15, -0.1) is 0 Å². The molecule has 0 bridgehead atoms. The van der Waals surface area contributed by atoms with E-state index in [9.17, 15) is 10.1 Å². The Morgan fingerprint density at radius 2 is 1.95 bits per heavy atom. The number of hydrogen-bond donors (Lipinski definition) is 2. The number of rotatable bonds is 7. The molecule has 0 aromatic heterocycles. The van der Waals surface area contributed by atoms with E-state index in [2.05, 4.69) is 5.32 Å². The van der Waals surface area contributed by atoms with Gasteiger partial charge in [0.1, 0.15) is 5.69 Å². The average molecular weight is 269 g/mol. The van der Waals surface area contributed by atoms with Crippen LogP contribution in [0.1, 0.15) is 13.3 Å². The maximum Gasteiger partial charge on any atom is 0.296 e. The molecule has 0 heterocycles. The maximum absolute atomic E-state index is 11.1. The summed E-state index contributed by atoms with van der Waals surface area (Å²) >= 11 is 0. The number of nitrogens with zero attached hydrogens (tertiary/aromatic N) is 1. The molecule has 7 heteroatoms. The van der Waals surface area contributed by atoms with Crippen molar-refractivity contribution in [2.75, 3.05) is 26.1 Å². The van der Waals surface area contributed by atoms with Crippen LogP contribution in [0.4, 0.5) is 11.4 Å². The SMILES string of the molecule is CCC(CN)Nc1cc(OC)c(OC)cc1[N+](=O)[O-]. The Morgan fingerprint density at radius 1 is 1.37 bits per heavy atom. The van der Waals surface area contributed by atoms with Gasteiger partial charge in [-0.05, 0) is 6.42 Å². The van der Waals surface area contributed by atoms with Crippen LogP contribution >= 0.6 is 0 Å².